The molecule has 0 spiro atoms. The molecule has 0 bridgehead atoms. The Balaban J connectivity index is 2.71. The highest BCUT2D eigenvalue weighted by atomic mass is 19.4. The molecule has 1 atom stereocenters. The fraction of sp³-hybridized carbons (Fsp3) is 0.455. The van der Waals surface area contributed by atoms with Gasteiger partial charge in [-0.25, -0.2) is 0 Å². The van der Waals surface area contributed by atoms with Gasteiger partial charge < -0.3 is 20.9 Å². The molecule has 0 amide bonds. The molecule has 4 N–H and O–H groups in total. The van der Waals surface area contributed by atoms with Gasteiger partial charge in [0.25, 0.3) is 0 Å². The minimum absolute atomic E-state index is 0.216. The predicted octanol–water partition coefficient (Wildman–Crippen LogP) is 2.00. The number of nitrogens with two attached hydrogens (primary N) is 1. The lowest BCUT2D eigenvalue weighted by molar-refractivity contribution is -0.198. The summed E-state index contributed by atoms with van der Waals surface area (Å²) in [7, 11) is 0. The SMILES string of the molecule is CCOc1cccc(NCC(O)C(F)(F)F)c1N. The Kier molecular flexibility index (Phi) is 4.66. The van der Waals surface area contributed by atoms with Crippen molar-refractivity contribution < 1.29 is 23.0 Å². The third-order valence-corrected chi connectivity index (χ3v) is 2.23. The van der Waals surface area contributed by atoms with Crippen LogP contribution in [0.2, 0.25) is 0 Å². The molecule has 0 radical (unpaired) electrons. The van der Waals surface area contributed by atoms with E-state index >= 15 is 0 Å². The van der Waals surface area contributed by atoms with Gasteiger partial charge in [0, 0.05) is 6.54 Å². The molecule has 0 aliphatic rings. The van der Waals surface area contributed by atoms with Gasteiger partial charge in [0.05, 0.1) is 18.0 Å². The van der Waals surface area contributed by atoms with Crippen LogP contribution in [0.15, 0.2) is 18.2 Å². The van der Waals surface area contributed by atoms with Crippen LogP contribution in [-0.2, 0) is 0 Å². The summed E-state index contributed by atoms with van der Waals surface area (Å²) >= 11 is 0. The van der Waals surface area contributed by atoms with Gasteiger partial charge in [-0.15, -0.1) is 0 Å². The molecular weight excluding hydrogens is 249 g/mol. The van der Waals surface area contributed by atoms with E-state index < -0.39 is 18.8 Å². The summed E-state index contributed by atoms with van der Waals surface area (Å²) in [5, 5.41) is 11.3. The van der Waals surface area contributed by atoms with E-state index in [1.165, 1.54) is 6.07 Å². The summed E-state index contributed by atoms with van der Waals surface area (Å²) in [4.78, 5) is 0. The number of hydrogen-bond donors (Lipinski definition) is 3. The molecule has 102 valence electrons. The van der Waals surface area contributed by atoms with Crippen LogP contribution in [0.4, 0.5) is 24.5 Å². The largest absolute Gasteiger partial charge is 0.492 e. The Hall–Kier alpha value is -1.63. The van der Waals surface area contributed by atoms with Crippen molar-refractivity contribution in [1.29, 1.82) is 0 Å². The molecule has 1 unspecified atom stereocenters. The number of alkyl halides is 3. The average molecular weight is 264 g/mol. The molecule has 7 heteroatoms. The maximum absolute atomic E-state index is 12.1. The first-order valence-electron chi connectivity index (χ1n) is 5.36. The topological polar surface area (TPSA) is 67.5 Å². The van der Waals surface area contributed by atoms with Crippen molar-refractivity contribution >= 4 is 11.4 Å². The van der Waals surface area contributed by atoms with Gasteiger partial charge in [0.2, 0.25) is 0 Å². The van der Waals surface area contributed by atoms with E-state index in [9.17, 15) is 13.2 Å². The van der Waals surface area contributed by atoms with Crippen LogP contribution >= 0.6 is 0 Å². The number of nitrogens with one attached hydrogen (secondary N) is 1. The Labute approximate surface area is 103 Å². The van der Waals surface area contributed by atoms with E-state index in [2.05, 4.69) is 5.32 Å². The van der Waals surface area contributed by atoms with Gasteiger partial charge in [-0.05, 0) is 19.1 Å². The average Bonchev–Trinajstić information content (AvgIpc) is 2.29. The standard InChI is InChI=1S/C11H15F3N2O2/c1-2-18-8-5-3-4-7(10(8)15)16-6-9(17)11(12,13)14/h3-5,9,16-17H,2,6,15H2,1H3. The number of halogens is 3. The molecule has 0 fully saturated rings. The van der Waals surface area contributed by atoms with Gasteiger partial charge >= 0.3 is 6.18 Å². The number of anilines is 2. The van der Waals surface area contributed by atoms with E-state index in [1.54, 1.807) is 19.1 Å². The molecule has 0 aliphatic heterocycles. The molecule has 1 aromatic carbocycles. The maximum atomic E-state index is 12.1. The molecule has 0 aromatic heterocycles. The quantitative estimate of drug-likeness (QED) is 0.712. The van der Waals surface area contributed by atoms with Crippen LogP contribution in [-0.4, -0.2) is 30.5 Å². The number of aliphatic hydroxyl groups is 1. The number of hydrogen-bond acceptors (Lipinski definition) is 4. The van der Waals surface area contributed by atoms with E-state index in [4.69, 9.17) is 15.6 Å². The van der Waals surface area contributed by atoms with Crippen molar-refractivity contribution in [3.8, 4) is 5.75 Å². The highest BCUT2D eigenvalue weighted by Gasteiger charge is 2.37. The van der Waals surface area contributed by atoms with E-state index in [1.807, 2.05) is 0 Å². The second-order valence-electron chi connectivity index (χ2n) is 3.59. The Morgan fingerprint density at radius 2 is 2.11 bits per heavy atom. The molecule has 0 aliphatic carbocycles. The van der Waals surface area contributed by atoms with Crippen LogP contribution < -0.4 is 15.8 Å². The minimum Gasteiger partial charge on any atom is -0.492 e. The lowest BCUT2D eigenvalue weighted by atomic mass is 10.2. The molecule has 18 heavy (non-hydrogen) atoms. The lowest BCUT2D eigenvalue weighted by Crippen LogP contribution is -2.35. The highest BCUT2D eigenvalue weighted by molar-refractivity contribution is 5.72. The summed E-state index contributed by atoms with van der Waals surface area (Å²) in [6.07, 6.45) is -7.09. The second kappa shape index (κ2) is 5.81. The van der Waals surface area contributed by atoms with Gasteiger partial charge in [0.1, 0.15) is 5.75 Å². The molecule has 0 saturated heterocycles. The van der Waals surface area contributed by atoms with E-state index in [0.717, 1.165) is 0 Å². The first-order chi connectivity index (χ1) is 8.36. The minimum atomic E-state index is -4.65. The zero-order valence-electron chi connectivity index (χ0n) is 9.79. The zero-order valence-corrected chi connectivity index (χ0v) is 9.79. The summed E-state index contributed by atoms with van der Waals surface area (Å²) in [6, 6.07) is 4.73. The maximum Gasteiger partial charge on any atom is 0.416 e. The molecule has 0 saturated carbocycles. The van der Waals surface area contributed by atoms with Crippen LogP contribution in [0.1, 0.15) is 6.92 Å². The number of rotatable bonds is 5. The normalized spacial score (nSPS) is 13.2. The van der Waals surface area contributed by atoms with Gasteiger partial charge in [-0.3, -0.25) is 0 Å². The fourth-order valence-electron chi connectivity index (χ4n) is 1.30. The second-order valence-corrected chi connectivity index (χ2v) is 3.59. The summed E-state index contributed by atoms with van der Waals surface area (Å²) in [5.74, 6) is 0.393. The fourth-order valence-corrected chi connectivity index (χ4v) is 1.30. The van der Waals surface area contributed by atoms with Crippen LogP contribution in [0.25, 0.3) is 0 Å². The van der Waals surface area contributed by atoms with E-state index in [0.29, 0.717) is 18.0 Å². The number of benzene rings is 1. The monoisotopic (exact) mass is 264 g/mol. The van der Waals surface area contributed by atoms with Gasteiger partial charge in [-0.1, -0.05) is 6.07 Å². The number of aliphatic hydroxyl groups excluding tert-OH is 1. The Morgan fingerprint density at radius 3 is 2.67 bits per heavy atom. The molecular formula is C11H15F3N2O2. The highest BCUT2D eigenvalue weighted by Crippen LogP contribution is 2.30. The zero-order chi connectivity index (χ0) is 13.8. The third-order valence-electron chi connectivity index (χ3n) is 2.23. The summed E-state index contributed by atoms with van der Waals surface area (Å²) < 4.78 is 41.5. The van der Waals surface area contributed by atoms with Crippen LogP contribution in [0.5, 0.6) is 5.75 Å². The van der Waals surface area contributed by atoms with Crippen LogP contribution in [0.3, 0.4) is 0 Å². The first-order valence-corrected chi connectivity index (χ1v) is 5.36. The molecule has 1 aromatic rings. The van der Waals surface area contributed by atoms with Crippen molar-refractivity contribution in [3.05, 3.63) is 18.2 Å². The lowest BCUT2D eigenvalue weighted by Gasteiger charge is -2.17. The molecule has 1 rings (SSSR count). The smallest absolute Gasteiger partial charge is 0.416 e. The van der Waals surface area contributed by atoms with Crippen molar-refractivity contribution in [2.24, 2.45) is 0 Å². The van der Waals surface area contributed by atoms with Crippen molar-refractivity contribution in [2.75, 3.05) is 24.2 Å². The Bertz CT molecular complexity index is 396. The van der Waals surface area contributed by atoms with E-state index in [-0.39, 0.29) is 5.69 Å². The number of nitrogen functional groups attached to an aromatic ring is 1. The first kappa shape index (κ1) is 14.4. The van der Waals surface area contributed by atoms with Crippen molar-refractivity contribution in [2.45, 2.75) is 19.2 Å². The van der Waals surface area contributed by atoms with Crippen molar-refractivity contribution in [3.63, 3.8) is 0 Å². The number of para-hydroxylation sites is 1. The third kappa shape index (κ3) is 3.69. The predicted molar refractivity (Wildman–Crippen MR) is 62.6 cm³/mol. The summed E-state index contributed by atoms with van der Waals surface area (Å²) in [6.45, 7) is 1.51. The van der Waals surface area contributed by atoms with Gasteiger partial charge in [-0.2, -0.15) is 13.2 Å². The summed E-state index contributed by atoms with van der Waals surface area (Å²) in [5.41, 5.74) is 6.23. The van der Waals surface area contributed by atoms with Crippen LogP contribution in [0, 0.1) is 0 Å². The number of ether oxygens (including phenoxy) is 1. The molecule has 4 nitrogen and oxygen atoms in total. The van der Waals surface area contributed by atoms with Gasteiger partial charge in [0.15, 0.2) is 6.10 Å². The Morgan fingerprint density at radius 1 is 1.44 bits per heavy atom. The van der Waals surface area contributed by atoms with Crippen molar-refractivity contribution in [1.82, 2.24) is 0 Å². The molecule has 0 heterocycles.